The van der Waals surface area contributed by atoms with Crippen molar-refractivity contribution in [2.75, 3.05) is 14.2 Å². The topological polar surface area (TPSA) is 48.7 Å². The fourth-order valence-corrected chi connectivity index (χ4v) is 3.24. The summed E-state index contributed by atoms with van der Waals surface area (Å²) >= 11 is 0. The molecule has 0 fully saturated rings. The van der Waals surface area contributed by atoms with Gasteiger partial charge in [-0.25, -0.2) is 9.50 Å². The lowest BCUT2D eigenvalue weighted by Gasteiger charge is -2.12. The van der Waals surface area contributed by atoms with Crippen molar-refractivity contribution in [2.45, 2.75) is 13.1 Å². The number of benzene rings is 2. The summed E-state index contributed by atoms with van der Waals surface area (Å²) in [6, 6.07) is 13.3. The Morgan fingerprint density at radius 2 is 1.53 bits per heavy atom. The molecule has 30 heavy (non-hydrogen) atoms. The van der Waals surface area contributed by atoms with E-state index in [1.807, 2.05) is 19.1 Å². The number of alkyl halides is 3. The lowest BCUT2D eigenvalue weighted by Crippen LogP contribution is -2.13. The minimum atomic E-state index is -4.60. The van der Waals surface area contributed by atoms with E-state index >= 15 is 0 Å². The van der Waals surface area contributed by atoms with Gasteiger partial charge in [-0.15, -0.1) is 0 Å². The molecular weight excluding hydrogens is 395 g/mol. The van der Waals surface area contributed by atoms with Gasteiger partial charge in [0.25, 0.3) is 0 Å². The van der Waals surface area contributed by atoms with Gasteiger partial charge in [0.15, 0.2) is 22.8 Å². The van der Waals surface area contributed by atoms with E-state index in [2.05, 4.69) is 10.1 Å². The normalized spacial score (nSPS) is 11.7. The minimum Gasteiger partial charge on any atom is -0.493 e. The number of aromatic nitrogens is 3. The number of hydrogen-bond donors (Lipinski definition) is 0. The Balaban J connectivity index is 1.97. The summed E-state index contributed by atoms with van der Waals surface area (Å²) in [6.45, 7) is 1.91. The second-order valence-electron chi connectivity index (χ2n) is 6.75. The van der Waals surface area contributed by atoms with Gasteiger partial charge in [0.2, 0.25) is 0 Å². The first kappa shape index (κ1) is 19.8. The van der Waals surface area contributed by atoms with Crippen molar-refractivity contribution in [3.63, 3.8) is 0 Å². The maximum absolute atomic E-state index is 13.8. The summed E-state index contributed by atoms with van der Waals surface area (Å²) in [5.41, 5.74) is 2.10. The summed E-state index contributed by atoms with van der Waals surface area (Å²) < 4.78 is 52.7. The molecule has 0 unspecified atom stereocenters. The quantitative estimate of drug-likeness (QED) is 0.449. The van der Waals surface area contributed by atoms with E-state index in [1.54, 1.807) is 30.3 Å². The van der Waals surface area contributed by atoms with E-state index in [-0.39, 0.29) is 11.3 Å². The van der Waals surface area contributed by atoms with Crippen molar-refractivity contribution in [1.29, 1.82) is 0 Å². The van der Waals surface area contributed by atoms with Crippen LogP contribution in [0.2, 0.25) is 0 Å². The van der Waals surface area contributed by atoms with Crippen molar-refractivity contribution in [2.24, 2.45) is 0 Å². The third-order valence-electron chi connectivity index (χ3n) is 4.80. The average Bonchev–Trinajstić information content (AvgIpc) is 3.16. The second kappa shape index (κ2) is 7.37. The molecule has 0 spiro atoms. The van der Waals surface area contributed by atoms with Crippen molar-refractivity contribution in [3.8, 4) is 33.9 Å². The average molecular weight is 413 g/mol. The zero-order valence-electron chi connectivity index (χ0n) is 16.5. The van der Waals surface area contributed by atoms with Crippen LogP contribution in [-0.2, 0) is 6.18 Å². The first-order valence-electron chi connectivity index (χ1n) is 9.07. The molecule has 0 N–H and O–H groups in total. The van der Waals surface area contributed by atoms with Crippen LogP contribution in [0.1, 0.15) is 11.3 Å². The first-order valence-corrected chi connectivity index (χ1v) is 9.07. The molecule has 5 nitrogen and oxygen atoms in total. The largest absolute Gasteiger partial charge is 0.493 e. The second-order valence-corrected chi connectivity index (χ2v) is 6.75. The van der Waals surface area contributed by atoms with Gasteiger partial charge in [0.05, 0.1) is 26.1 Å². The van der Waals surface area contributed by atoms with Gasteiger partial charge >= 0.3 is 6.18 Å². The number of halogens is 3. The van der Waals surface area contributed by atoms with Gasteiger partial charge < -0.3 is 9.47 Å². The predicted molar refractivity (Wildman–Crippen MR) is 107 cm³/mol. The number of ether oxygens (including phenoxy) is 2. The fraction of sp³-hybridized carbons (Fsp3) is 0.182. The molecule has 2 aromatic heterocycles. The summed E-state index contributed by atoms with van der Waals surface area (Å²) in [4.78, 5) is 4.51. The lowest BCUT2D eigenvalue weighted by molar-refractivity contribution is -0.142. The molecule has 0 atom stereocenters. The molecule has 0 saturated carbocycles. The van der Waals surface area contributed by atoms with Crippen LogP contribution in [0, 0.1) is 6.92 Å². The highest BCUT2D eigenvalue weighted by molar-refractivity contribution is 5.80. The van der Waals surface area contributed by atoms with E-state index < -0.39 is 11.9 Å². The van der Waals surface area contributed by atoms with Crippen LogP contribution in [0.15, 0.2) is 54.7 Å². The molecule has 0 aliphatic heterocycles. The molecule has 0 bridgehead atoms. The maximum Gasteiger partial charge on any atom is 0.433 e. The van der Waals surface area contributed by atoms with Gasteiger partial charge in [-0.2, -0.15) is 18.3 Å². The predicted octanol–water partition coefficient (Wildman–Crippen LogP) is 5.41. The summed E-state index contributed by atoms with van der Waals surface area (Å²) in [6.07, 6.45) is -3.22. The molecule has 0 radical (unpaired) electrons. The number of fused-ring (bicyclic) bond motifs is 1. The van der Waals surface area contributed by atoms with Crippen LogP contribution in [0.5, 0.6) is 11.5 Å². The third kappa shape index (κ3) is 3.45. The SMILES string of the molecule is COc1ccc(-c2cnn3c(C(F)(F)F)cc(-c4ccc(C)cc4)nc23)cc1OC. The van der Waals surface area contributed by atoms with Crippen molar-refractivity contribution >= 4 is 5.65 Å². The van der Waals surface area contributed by atoms with E-state index in [4.69, 9.17) is 9.47 Å². The third-order valence-corrected chi connectivity index (χ3v) is 4.80. The highest BCUT2D eigenvalue weighted by Crippen LogP contribution is 2.37. The molecule has 0 amide bonds. The van der Waals surface area contributed by atoms with Crippen LogP contribution < -0.4 is 9.47 Å². The summed E-state index contributed by atoms with van der Waals surface area (Å²) in [5.74, 6) is 0.974. The van der Waals surface area contributed by atoms with Gasteiger partial charge in [-0.05, 0) is 30.7 Å². The zero-order chi connectivity index (χ0) is 21.5. The van der Waals surface area contributed by atoms with Gasteiger partial charge in [0, 0.05) is 11.1 Å². The Labute approximate surface area is 170 Å². The molecule has 8 heteroatoms. The van der Waals surface area contributed by atoms with Crippen LogP contribution in [0.3, 0.4) is 0 Å². The molecule has 0 aliphatic carbocycles. The van der Waals surface area contributed by atoms with Crippen LogP contribution >= 0.6 is 0 Å². The number of aryl methyl sites for hydroxylation is 1. The number of hydrogen-bond acceptors (Lipinski definition) is 4. The minimum absolute atomic E-state index is 0.104. The van der Waals surface area contributed by atoms with Crippen molar-refractivity contribution < 1.29 is 22.6 Å². The fourth-order valence-electron chi connectivity index (χ4n) is 3.24. The van der Waals surface area contributed by atoms with E-state index in [0.29, 0.717) is 28.2 Å². The Morgan fingerprint density at radius 1 is 0.867 bits per heavy atom. The first-order chi connectivity index (χ1) is 14.3. The molecular formula is C22H18F3N3O2. The van der Waals surface area contributed by atoms with E-state index in [9.17, 15) is 13.2 Å². The van der Waals surface area contributed by atoms with Gasteiger partial charge in [-0.3, -0.25) is 0 Å². The molecule has 0 aliphatic rings. The lowest BCUT2D eigenvalue weighted by atomic mass is 10.1. The van der Waals surface area contributed by atoms with Gasteiger partial charge in [0.1, 0.15) is 0 Å². The van der Waals surface area contributed by atoms with Crippen molar-refractivity contribution in [1.82, 2.24) is 14.6 Å². The van der Waals surface area contributed by atoms with Crippen LogP contribution in [-0.4, -0.2) is 28.8 Å². The van der Waals surface area contributed by atoms with E-state index in [0.717, 1.165) is 16.1 Å². The molecule has 4 aromatic rings. The van der Waals surface area contributed by atoms with Crippen molar-refractivity contribution in [3.05, 3.63) is 66.0 Å². The molecule has 154 valence electrons. The summed E-state index contributed by atoms with van der Waals surface area (Å²) in [5, 5.41) is 3.97. The Bertz CT molecular complexity index is 1220. The number of methoxy groups -OCH3 is 2. The Hall–Kier alpha value is -3.55. The molecule has 0 saturated heterocycles. The monoisotopic (exact) mass is 413 g/mol. The van der Waals surface area contributed by atoms with Crippen LogP contribution in [0.25, 0.3) is 28.0 Å². The molecule has 2 aromatic carbocycles. The Kier molecular flexibility index (Phi) is 4.85. The zero-order valence-corrected chi connectivity index (χ0v) is 16.5. The standard InChI is InChI=1S/C22H18F3N3O2/c1-13-4-6-14(7-5-13)17-11-20(22(23,24)25)28-21(27-17)16(12-26-28)15-8-9-18(29-2)19(10-15)30-3/h4-12H,1-3H3. The van der Waals surface area contributed by atoms with E-state index in [1.165, 1.54) is 20.4 Å². The molecule has 2 heterocycles. The molecule has 4 rings (SSSR count). The number of rotatable bonds is 4. The maximum atomic E-state index is 13.8. The highest BCUT2D eigenvalue weighted by atomic mass is 19.4. The number of nitrogens with zero attached hydrogens (tertiary/aromatic N) is 3. The highest BCUT2D eigenvalue weighted by Gasteiger charge is 2.35. The Morgan fingerprint density at radius 3 is 2.17 bits per heavy atom. The smallest absolute Gasteiger partial charge is 0.433 e. The summed E-state index contributed by atoms with van der Waals surface area (Å²) in [7, 11) is 3.01. The van der Waals surface area contributed by atoms with Crippen LogP contribution in [0.4, 0.5) is 13.2 Å². The van der Waals surface area contributed by atoms with Gasteiger partial charge in [-0.1, -0.05) is 35.9 Å².